The summed E-state index contributed by atoms with van der Waals surface area (Å²) in [5.74, 6) is 0.510. The number of hydrogen-bond acceptors (Lipinski definition) is 6. The predicted molar refractivity (Wildman–Crippen MR) is 107 cm³/mol. The van der Waals surface area contributed by atoms with Crippen LogP contribution < -0.4 is 9.64 Å². The Morgan fingerprint density at radius 3 is 2.59 bits per heavy atom. The molecule has 4 rings (SSSR count). The summed E-state index contributed by atoms with van der Waals surface area (Å²) in [7, 11) is 1.62. The first-order chi connectivity index (χ1) is 14.1. The Kier molecular flexibility index (Phi) is 5.39. The fourth-order valence-corrected chi connectivity index (χ4v) is 3.33. The summed E-state index contributed by atoms with van der Waals surface area (Å²) in [6, 6.07) is 16.3. The van der Waals surface area contributed by atoms with Gasteiger partial charge in [-0.2, -0.15) is 4.98 Å². The Morgan fingerprint density at radius 2 is 1.86 bits per heavy atom. The maximum Gasteiger partial charge on any atom is 0.335 e. The second-order valence-corrected chi connectivity index (χ2v) is 6.80. The van der Waals surface area contributed by atoms with Gasteiger partial charge in [0.2, 0.25) is 11.8 Å². The number of fused-ring (bicyclic) bond motifs is 1. The average molecular weight is 391 g/mol. The molecule has 0 amide bonds. The summed E-state index contributed by atoms with van der Waals surface area (Å²) in [5, 5.41) is 9.03. The SMILES string of the molecule is COCc1cc(Oc2ccc(C(=O)O)cc2)nc(N2CCc3ccccc3C2)n1. The van der Waals surface area contributed by atoms with Gasteiger partial charge in [0.1, 0.15) is 5.75 Å². The van der Waals surface area contributed by atoms with E-state index in [0.29, 0.717) is 29.9 Å². The standard InChI is InChI=1S/C22H21N3O4/c1-28-14-18-12-20(29-19-8-6-16(7-9-19)21(26)27)24-22(23-18)25-11-10-15-4-2-3-5-17(15)13-25/h2-9,12H,10-11,13-14H2,1H3,(H,26,27). The molecule has 0 spiro atoms. The van der Waals surface area contributed by atoms with Gasteiger partial charge in [-0.15, -0.1) is 0 Å². The van der Waals surface area contributed by atoms with E-state index in [9.17, 15) is 4.79 Å². The third-order valence-corrected chi connectivity index (χ3v) is 4.77. The zero-order valence-corrected chi connectivity index (χ0v) is 16.0. The van der Waals surface area contributed by atoms with E-state index in [4.69, 9.17) is 14.6 Å². The molecule has 1 aliphatic rings. The van der Waals surface area contributed by atoms with Crippen molar-refractivity contribution in [2.75, 3.05) is 18.6 Å². The van der Waals surface area contributed by atoms with Crippen molar-refractivity contribution in [2.45, 2.75) is 19.6 Å². The van der Waals surface area contributed by atoms with Crippen LogP contribution in [-0.2, 0) is 24.3 Å². The van der Waals surface area contributed by atoms with E-state index >= 15 is 0 Å². The van der Waals surface area contributed by atoms with Gasteiger partial charge >= 0.3 is 5.97 Å². The fraction of sp³-hybridized carbons (Fsp3) is 0.227. The molecule has 0 atom stereocenters. The van der Waals surface area contributed by atoms with Crippen molar-refractivity contribution in [2.24, 2.45) is 0 Å². The number of carbonyl (C=O) groups is 1. The highest BCUT2D eigenvalue weighted by Gasteiger charge is 2.20. The van der Waals surface area contributed by atoms with E-state index in [1.165, 1.54) is 23.3 Å². The quantitative estimate of drug-likeness (QED) is 0.686. The van der Waals surface area contributed by atoms with E-state index in [1.54, 1.807) is 25.3 Å². The molecule has 0 bridgehead atoms. The number of benzene rings is 2. The summed E-state index contributed by atoms with van der Waals surface area (Å²) in [6.07, 6.45) is 0.931. The molecule has 0 unspecified atom stereocenters. The van der Waals surface area contributed by atoms with Crippen LogP contribution in [-0.4, -0.2) is 34.7 Å². The van der Waals surface area contributed by atoms with Gasteiger partial charge in [-0.05, 0) is 41.8 Å². The van der Waals surface area contributed by atoms with Gasteiger partial charge in [0, 0.05) is 26.3 Å². The lowest BCUT2D eigenvalue weighted by atomic mass is 10.0. The summed E-state index contributed by atoms with van der Waals surface area (Å²) >= 11 is 0. The first-order valence-corrected chi connectivity index (χ1v) is 9.32. The summed E-state index contributed by atoms with van der Waals surface area (Å²) in [5.41, 5.74) is 3.54. The Labute approximate surface area is 168 Å². The first kappa shape index (κ1) is 18.9. The molecule has 3 aromatic rings. The topological polar surface area (TPSA) is 84.8 Å². The van der Waals surface area contributed by atoms with Crippen LogP contribution in [0.1, 0.15) is 27.2 Å². The van der Waals surface area contributed by atoms with Gasteiger partial charge in [0.25, 0.3) is 0 Å². The lowest BCUT2D eigenvalue weighted by Gasteiger charge is -2.29. The van der Waals surface area contributed by atoms with Crippen LogP contribution in [0.15, 0.2) is 54.6 Å². The van der Waals surface area contributed by atoms with Crippen molar-refractivity contribution in [3.63, 3.8) is 0 Å². The second-order valence-electron chi connectivity index (χ2n) is 6.80. The molecule has 7 nitrogen and oxygen atoms in total. The molecule has 29 heavy (non-hydrogen) atoms. The molecule has 0 saturated carbocycles. The molecular weight excluding hydrogens is 370 g/mol. The van der Waals surface area contributed by atoms with Crippen LogP contribution in [0, 0.1) is 0 Å². The van der Waals surface area contributed by atoms with E-state index in [1.807, 2.05) is 6.07 Å². The van der Waals surface area contributed by atoms with Crippen molar-refractivity contribution in [1.82, 2.24) is 9.97 Å². The number of aromatic nitrogens is 2. The molecule has 1 N–H and O–H groups in total. The van der Waals surface area contributed by atoms with Crippen LogP contribution in [0.4, 0.5) is 5.95 Å². The Morgan fingerprint density at radius 1 is 1.10 bits per heavy atom. The predicted octanol–water partition coefficient (Wildman–Crippen LogP) is 3.68. The number of anilines is 1. The molecular formula is C22H21N3O4. The van der Waals surface area contributed by atoms with Gasteiger partial charge in [-0.3, -0.25) is 0 Å². The minimum atomic E-state index is -0.978. The zero-order chi connectivity index (χ0) is 20.2. The highest BCUT2D eigenvalue weighted by atomic mass is 16.5. The fourth-order valence-electron chi connectivity index (χ4n) is 3.33. The van der Waals surface area contributed by atoms with Crippen LogP contribution in [0.3, 0.4) is 0 Å². The maximum absolute atomic E-state index is 11.0. The molecule has 148 valence electrons. The first-order valence-electron chi connectivity index (χ1n) is 9.32. The van der Waals surface area contributed by atoms with Crippen molar-refractivity contribution < 1.29 is 19.4 Å². The van der Waals surface area contributed by atoms with Gasteiger partial charge in [-0.25, -0.2) is 9.78 Å². The molecule has 0 saturated heterocycles. The van der Waals surface area contributed by atoms with Crippen molar-refractivity contribution >= 4 is 11.9 Å². The molecule has 2 aromatic carbocycles. The molecule has 0 radical (unpaired) electrons. The Bertz CT molecular complexity index is 1020. The number of carboxylic acids is 1. The van der Waals surface area contributed by atoms with Gasteiger partial charge in [-0.1, -0.05) is 24.3 Å². The van der Waals surface area contributed by atoms with Crippen molar-refractivity contribution in [3.8, 4) is 11.6 Å². The van der Waals surface area contributed by atoms with Crippen LogP contribution in [0.25, 0.3) is 0 Å². The molecule has 1 aromatic heterocycles. The highest BCUT2D eigenvalue weighted by molar-refractivity contribution is 5.87. The Hall–Kier alpha value is -3.45. The highest BCUT2D eigenvalue weighted by Crippen LogP contribution is 2.26. The number of ether oxygens (including phenoxy) is 2. The average Bonchev–Trinajstić information content (AvgIpc) is 2.74. The number of carboxylic acid groups (broad SMARTS) is 1. The molecule has 0 aliphatic carbocycles. The monoisotopic (exact) mass is 391 g/mol. The number of hydrogen-bond donors (Lipinski definition) is 1. The van der Waals surface area contributed by atoms with E-state index in [2.05, 4.69) is 33.1 Å². The van der Waals surface area contributed by atoms with Gasteiger partial charge < -0.3 is 19.5 Å². The molecule has 2 heterocycles. The third-order valence-electron chi connectivity index (χ3n) is 4.77. The minimum Gasteiger partial charge on any atom is -0.478 e. The van der Waals surface area contributed by atoms with Crippen LogP contribution in [0.2, 0.25) is 0 Å². The smallest absolute Gasteiger partial charge is 0.335 e. The maximum atomic E-state index is 11.0. The largest absolute Gasteiger partial charge is 0.478 e. The zero-order valence-electron chi connectivity index (χ0n) is 16.0. The summed E-state index contributed by atoms with van der Waals surface area (Å²) in [6.45, 7) is 1.90. The molecule has 1 aliphatic heterocycles. The number of nitrogens with zero attached hydrogens (tertiary/aromatic N) is 3. The van der Waals surface area contributed by atoms with E-state index in [0.717, 1.165) is 19.5 Å². The van der Waals surface area contributed by atoms with Crippen molar-refractivity contribution in [1.29, 1.82) is 0 Å². The van der Waals surface area contributed by atoms with Crippen LogP contribution >= 0.6 is 0 Å². The Balaban J connectivity index is 1.60. The van der Waals surface area contributed by atoms with Crippen molar-refractivity contribution in [3.05, 3.63) is 77.0 Å². The lowest BCUT2D eigenvalue weighted by molar-refractivity contribution is 0.0697. The molecule has 0 fully saturated rings. The van der Waals surface area contributed by atoms with Crippen LogP contribution in [0.5, 0.6) is 11.6 Å². The number of aromatic carboxylic acids is 1. The number of methoxy groups -OCH3 is 1. The minimum absolute atomic E-state index is 0.202. The van der Waals surface area contributed by atoms with Gasteiger partial charge in [0.15, 0.2) is 0 Å². The van der Waals surface area contributed by atoms with E-state index < -0.39 is 5.97 Å². The van der Waals surface area contributed by atoms with Gasteiger partial charge in [0.05, 0.1) is 17.9 Å². The normalized spacial score (nSPS) is 13.1. The third kappa shape index (κ3) is 4.35. The number of rotatable bonds is 6. The summed E-state index contributed by atoms with van der Waals surface area (Å²) < 4.78 is 11.1. The second kappa shape index (κ2) is 8.28. The molecule has 7 heteroatoms. The van der Waals surface area contributed by atoms with E-state index in [-0.39, 0.29) is 5.56 Å². The lowest BCUT2D eigenvalue weighted by Crippen LogP contribution is -2.32. The summed E-state index contributed by atoms with van der Waals surface area (Å²) in [4.78, 5) is 22.4.